The average Bonchev–Trinajstić information content (AvgIpc) is 2.91. The Kier molecular flexibility index (Phi) is 5.61. The van der Waals surface area contributed by atoms with Crippen molar-refractivity contribution in [3.8, 4) is 0 Å². The molecule has 2 heterocycles. The minimum Gasteiger partial charge on any atom is -0.349 e. The maximum Gasteiger partial charge on any atom is 0.267 e. The molecule has 0 unspecified atom stereocenters. The second-order valence-corrected chi connectivity index (χ2v) is 7.93. The van der Waals surface area contributed by atoms with E-state index in [9.17, 15) is 13.2 Å². The molecular formula is C15H24N4O3S. The molecule has 7 nitrogen and oxygen atoms in total. The highest BCUT2D eigenvalue weighted by atomic mass is 32.2. The molecular weight excluding hydrogens is 316 g/mol. The number of sulfonamides is 1. The molecule has 1 aromatic heterocycles. The van der Waals surface area contributed by atoms with Crippen LogP contribution < -0.4 is 5.32 Å². The Morgan fingerprint density at radius 2 is 2.09 bits per heavy atom. The van der Waals surface area contributed by atoms with E-state index in [1.165, 1.54) is 30.9 Å². The van der Waals surface area contributed by atoms with Crippen molar-refractivity contribution in [2.24, 2.45) is 7.05 Å². The molecule has 0 atom stereocenters. The van der Waals surface area contributed by atoms with Crippen LogP contribution in [0, 0.1) is 0 Å². The highest BCUT2D eigenvalue weighted by molar-refractivity contribution is 7.89. The molecule has 128 valence electrons. The summed E-state index contributed by atoms with van der Waals surface area (Å²) in [6.45, 7) is 3.23. The van der Waals surface area contributed by atoms with Crippen LogP contribution in [0.4, 0.5) is 0 Å². The fourth-order valence-corrected chi connectivity index (χ4v) is 3.40. The van der Waals surface area contributed by atoms with Gasteiger partial charge in [0.05, 0.1) is 0 Å². The van der Waals surface area contributed by atoms with Crippen molar-refractivity contribution in [1.29, 1.82) is 0 Å². The third kappa shape index (κ3) is 4.21. The van der Waals surface area contributed by atoms with Crippen molar-refractivity contribution in [2.45, 2.75) is 11.3 Å². The second-order valence-electron chi connectivity index (χ2n) is 5.78. The van der Waals surface area contributed by atoms with Crippen molar-refractivity contribution in [3.05, 3.63) is 30.1 Å². The smallest absolute Gasteiger partial charge is 0.267 e. The van der Waals surface area contributed by atoms with Gasteiger partial charge in [-0.1, -0.05) is 12.2 Å². The van der Waals surface area contributed by atoms with Crippen molar-refractivity contribution < 1.29 is 13.2 Å². The summed E-state index contributed by atoms with van der Waals surface area (Å²) in [6, 6.07) is 1.41. The molecule has 0 saturated heterocycles. The molecule has 1 amide bonds. The number of carbonyl (C=O) groups is 1. The van der Waals surface area contributed by atoms with Crippen molar-refractivity contribution >= 4 is 15.9 Å². The van der Waals surface area contributed by atoms with Crippen molar-refractivity contribution in [3.63, 3.8) is 0 Å². The van der Waals surface area contributed by atoms with Gasteiger partial charge in [0.2, 0.25) is 10.0 Å². The standard InChI is InChI=1S/C15H24N4O3S/c1-17(2)23(21,22)13-11-14(18(3)12-13)15(20)16-7-10-19-8-5-4-6-9-19/h4-5,11-12H,6-10H2,1-3H3,(H,16,20). The molecule has 1 aromatic rings. The lowest BCUT2D eigenvalue weighted by molar-refractivity contribution is 0.0941. The first-order chi connectivity index (χ1) is 10.8. The predicted molar refractivity (Wildman–Crippen MR) is 88.8 cm³/mol. The van der Waals surface area contributed by atoms with Gasteiger partial charge < -0.3 is 9.88 Å². The monoisotopic (exact) mass is 340 g/mol. The summed E-state index contributed by atoms with van der Waals surface area (Å²) in [5.74, 6) is -0.264. The predicted octanol–water partition coefficient (Wildman–Crippen LogP) is 0.267. The van der Waals surface area contributed by atoms with Crippen molar-refractivity contribution in [1.82, 2.24) is 19.1 Å². The molecule has 23 heavy (non-hydrogen) atoms. The Morgan fingerprint density at radius 1 is 1.35 bits per heavy atom. The van der Waals surface area contributed by atoms with Crippen LogP contribution in [-0.2, 0) is 17.1 Å². The summed E-state index contributed by atoms with van der Waals surface area (Å²) in [5.41, 5.74) is 0.337. The molecule has 0 bridgehead atoms. The SMILES string of the molecule is CN(C)S(=O)(=O)c1cc(C(=O)NCCN2CC=CCC2)n(C)c1. The van der Waals surface area contributed by atoms with Crippen LogP contribution in [-0.4, -0.2) is 68.4 Å². The molecule has 0 spiro atoms. The quantitative estimate of drug-likeness (QED) is 0.754. The summed E-state index contributed by atoms with van der Waals surface area (Å²) >= 11 is 0. The molecule has 0 aliphatic carbocycles. The van der Waals surface area contributed by atoms with Gasteiger partial charge in [-0.05, 0) is 12.5 Å². The van der Waals surface area contributed by atoms with Gasteiger partial charge in [0.1, 0.15) is 10.6 Å². The van der Waals surface area contributed by atoms with E-state index in [0.29, 0.717) is 12.2 Å². The Hall–Kier alpha value is -1.64. The maximum absolute atomic E-state index is 12.2. The summed E-state index contributed by atoms with van der Waals surface area (Å²) in [6.07, 6.45) is 6.78. The van der Waals surface area contributed by atoms with E-state index < -0.39 is 10.0 Å². The highest BCUT2D eigenvalue weighted by Gasteiger charge is 2.22. The molecule has 0 saturated carbocycles. The minimum absolute atomic E-state index is 0.122. The number of amides is 1. The Bertz CT molecular complexity index is 692. The normalized spacial score (nSPS) is 16.0. The molecule has 1 aliphatic rings. The zero-order valence-electron chi connectivity index (χ0n) is 13.8. The van der Waals surface area contributed by atoms with Gasteiger partial charge in [-0.2, -0.15) is 0 Å². The van der Waals surface area contributed by atoms with Crippen LogP contribution >= 0.6 is 0 Å². The first kappa shape index (κ1) is 17.7. The Balaban J connectivity index is 1.97. The number of aryl methyl sites for hydroxylation is 1. The molecule has 0 aromatic carbocycles. The summed E-state index contributed by atoms with van der Waals surface area (Å²) in [7, 11) is 1.07. The number of nitrogens with zero attached hydrogens (tertiary/aromatic N) is 3. The van der Waals surface area contributed by atoms with Gasteiger partial charge in [0.25, 0.3) is 5.91 Å². The van der Waals surface area contributed by atoms with Gasteiger partial charge in [-0.15, -0.1) is 0 Å². The Labute approximate surface area is 137 Å². The first-order valence-electron chi connectivity index (χ1n) is 7.57. The van der Waals surface area contributed by atoms with Crippen LogP contribution in [0.5, 0.6) is 0 Å². The average molecular weight is 340 g/mol. The number of rotatable bonds is 6. The van der Waals surface area contributed by atoms with E-state index in [1.807, 2.05) is 0 Å². The summed E-state index contributed by atoms with van der Waals surface area (Å²) in [4.78, 5) is 14.6. The number of hydrogen-bond donors (Lipinski definition) is 1. The zero-order chi connectivity index (χ0) is 17.0. The molecule has 1 N–H and O–H groups in total. The lowest BCUT2D eigenvalue weighted by Gasteiger charge is -2.22. The number of nitrogens with one attached hydrogen (secondary N) is 1. The summed E-state index contributed by atoms with van der Waals surface area (Å²) < 4.78 is 26.9. The second kappa shape index (κ2) is 7.29. The topological polar surface area (TPSA) is 74.7 Å². The lowest BCUT2D eigenvalue weighted by atomic mass is 10.2. The van der Waals surface area contributed by atoms with Gasteiger partial charge in [-0.3, -0.25) is 9.69 Å². The fourth-order valence-electron chi connectivity index (χ4n) is 2.42. The highest BCUT2D eigenvalue weighted by Crippen LogP contribution is 2.16. The number of carbonyl (C=O) groups excluding carboxylic acids is 1. The van der Waals surface area contributed by atoms with Gasteiger partial charge in [-0.25, -0.2) is 12.7 Å². The first-order valence-corrected chi connectivity index (χ1v) is 9.01. The van der Waals surface area contributed by atoms with Crippen LogP contribution in [0.2, 0.25) is 0 Å². The van der Waals surface area contributed by atoms with Crippen LogP contribution in [0.3, 0.4) is 0 Å². The minimum atomic E-state index is -3.53. The van der Waals surface area contributed by atoms with E-state index in [4.69, 9.17) is 0 Å². The number of hydrogen-bond acceptors (Lipinski definition) is 4. The van der Waals surface area contributed by atoms with Crippen LogP contribution in [0.1, 0.15) is 16.9 Å². The van der Waals surface area contributed by atoms with E-state index in [0.717, 1.165) is 30.4 Å². The molecule has 0 radical (unpaired) electrons. The van der Waals surface area contributed by atoms with Crippen LogP contribution in [0.15, 0.2) is 29.3 Å². The molecule has 8 heteroatoms. The molecule has 0 fully saturated rings. The molecule has 2 rings (SSSR count). The van der Waals surface area contributed by atoms with E-state index in [2.05, 4.69) is 22.4 Å². The number of aromatic nitrogens is 1. The molecule has 1 aliphatic heterocycles. The van der Waals surface area contributed by atoms with Crippen LogP contribution in [0.25, 0.3) is 0 Å². The lowest BCUT2D eigenvalue weighted by Crippen LogP contribution is -2.37. The fraction of sp³-hybridized carbons (Fsp3) is 0.533. The maximum atomic E-state index is 12.2. The Morgan fingerprint density at radius 3 is 2.70 bits per heavy atom. The van der Waals surface area contributed by atoms with E-state index in [-0.39, 0.29) is 10.8 Å². The summed E-state index contributed by atoms with van der Waals surface area (Å²) in [5, 5.41) is 2.85. The zero-order valence-corrected chi connectivity index (χ0v) is 14.6. The largest absolute Gasteiger partial charge is 0.349 e. The van der Waals surface area contributed by atoms with Gasteiger partial charge in [0.15, 0.2) is 0 Å². The van der Waals surface area contributed by atoms with E-state index in [1.54, 1.807) is 7.05 Å². The van der Waals surface area contributed by atoms with Gasteiger partial charge in [0, 0.05) is 53.5 Å². The third-order valence-electron chi connectivity index (χ3n) is 3.85. The van der Waals surface area contributed by atoms with E-state index >= 15 is 0 Å². The third-order valence-corrected chi connectivity index (χ3v) is 5.63. The van der Waals surface area contributed by atoms with Crippen molar-refractivity contribution in [2.75, 3.05) is 40.3 Å². The van der Waals surface area contributed by atoms with Gasteiger partial charge >= 0.3 is 0 Å².